The average Bonchev–Trinajstić information content (AvgIpc) is 2.43. The maximum Gasteiger partial charge on any atom is 0.0473 e. The molecule has 0 aromatic rings. The van der Waals surface area contributed by atoms with Crippen LogP contribution in [0.1, 0.15) is 25.7 Å². The Morgan fingerprint density at radius 2 is 2.00 bits per heavy atom. The van der Waals surface area contributed by atoms with Crippen molar-refractivity contribution in [2.24, 2.45) is 17.6 Å². The molecule has 0 spiro atoms. The number of aliphatic hydroxyl groups is 1. The lowest BCUT2D eigenvalue weighted by atomic mass is 9.92. The summed E-state index contributed by atoms with van der Waals surface area (Å²) in [5.41, 5.74) is 5.50. The van der Waals surface area contributed by atoms with Crippen molar-refractivity contribution in [3.63, 3.8) is 0 Å². The molecule has 2 nitrogen and oxygen atoms in total. The molecule has 0 aromatic heterocycles. The van der Waals surface area contributed by atoms with Crippen LogP contribution in [-0.4, -0.2) is 18.3 Å². The molecule has 1 rings (SSSR count). The van der Waals surface area contributed by atoms with Crippen LogP contribution >= 0.6 is 0 Å². The number of nitrogens with two attached hydrogens (primary N) is 1. The van der Waals surface area contributed by atoms with Gasteiger partial charge in [-0.05, 0) is 18.4 Å². The molecule has 1 fully saturated rings. The van der Waals surface area contributed by atoms with Gasteiger partial charge in [-0.1, -0.05) is 25.7 Å². The van der Waals surface area contributed by atoms with Gasteiger partial charge in [-0.15, -0.1) is 0 Å². The van der Waals surface area contributed by atoms with Crippen LogP contribution in [-0.2, 0) is 0 Å². The summed E-state index contributed by atoms with van der Waals surface area (Å²) in [4.78, 5) is 0. The van der Waals surface area contributed by atoms with Gasteiger partial charge in [0, 0.05) is 6.61 Å². The van der Waals surface area contributed by atoms with Gasteiger partial charge in [0.1, 0.15) is 0 Å². The zero-order valence-electron chi connectivity index (χ0n) is 6.42. The van der Waals surface area contributed by atoms with Gasteiger partial charge in [-0.2, -0.15) is 0 Å². The van der Waals surface area contributed by atoms with Crippen LogP contribution in [0, 0.1) is 11.8 Å². The standard InChI is InChI=1S/C8H17NO/c9-5-8(6-10)7-3-1-2-4-7/h7-8,10H,1-6,9H2/t8-/m0/s1. The Labute approximate surface area is 62.4 Å². The molecule has 0 radical (unpaired) electrons. The van der Waals surface area contributed by atoms with Crippen molar-refractivity contribution in [2.45, 2.75) is 25.7 Å². The topological polar surface area (TPSA) is 46.2 Å². The van der Waals surface area contributed by atoms with Gasteiger partial charge in [0.2, 0.25) is 0 Å². The molecule has 0 aliphatic heterocycles. The molecule has 0 saturated heterocycles. The van der Waals surface area contributed by atoms with E-state index in [-0.39, 0.29) is 6.61 Å². The first kappa shape index (κ1) is 8.02. The van der Waals surface area contributed by atoms with Gasteiger partial charge in [-0.3, -0.25) is 0 Å². The second kappa shape index (κ2) is 3.94. The van der Waals surface area contributed by atoms with Crippen LogP contribution in [0.15, 0.2) is 0 Å². The molecular formula is C8H17NO. The Balaban J connectivity index is 2.29. The zero-order chi connectivity index (χ0) is 7.40. The third-order valence-electron chi connectivity index (χ3n) is 2.60. The van der Waals surface area contributed by atoms with Crippen LogP contribution in [0.25, 0.3) is 0 Å². The Bertz CT molecular complexity index is 85.3. The predicted molar refractivity (Wildman–Crippen MR) is 41.6 cm³/mol. The highest BCUT2D eigenvalue weighted by atomic mass is 16.3. The third-order valence-corrected chi connectivity index (χ3v) is 2.60. The van der Waals surface area contributed by atoms with E-state index in [0.717, 1.165) is 5.92 Å². The van der Waals surface area contributed by atoms with Crippen LogP contribution < -0.4 is 5.73 Å². The van der Waals surface area contributed by atoms with Crippen molar-refractivity contribution >= 4 is 0 Å². The van der Waals surface area contributed by atoms with E-state index in [2.05, 4.69) is 0 Å². The smallest absolute Gasteiger partial charge is 0.0473 e. The SMILES string of the molecule is NC[C@@H](CO)C1CCCC1. The average molecular weight is 143 g/mol. The minimum Gasteiger partial charge on any atom is -0.396 e. The molecule has 1 aliphatic rings. The fourth-order valence-corrected chi connectivity index (χ4v) is 1.84. The summed E-state index contributed by atoms with van der Waals surface area (Å²) in [7, 11) is 0. The molecule has 0 bridgehead atoms. The quantitative estimate of drug-likeness (QED) is 0.612. The molecule has 0 amide bonds. The highest BCUT2D eigenvalue weighted by Gasteiger charge is 2.22. The first-order chi connectivity index (χ1) is 4.88. The van der Waals surface area contributed by atoms with Crippen molar-refractivity contribution in [3.8, 4) is 0 Å². The highest BCUT2D eigenvalue weighted by Crippen LogP contribution is 2.30. The van der Waals surface area contributed by atoms with E-state index in [0.29, 0.717) is 12.5 Å². The fourth-order valence-electron chi connectivity index (χ4n) is 1.84. The summed E-state index contributed by atoms with van der Waals surface area (Å²) in [6, 6.07) is 0. The first-order valence-corrected chi connectivity index (χ1v) is 4.19. The molecule has 1 atom stereocenters. The molecule has 1 saturated carbocycles. The van der Waals surface area contributed by atoms with Crippen molar-refractivity contribution in [2.75, 3.05) is 13.2 Å². The van der Waals surface area contributed by atoms with Gasteiger partial charge in [0.25, 0.3) is 0 Å². The molecule has 0 aromatic carbocycles. The first-order valence-electron chi connectivity index (χ1n) is 4.19. The number of aliphatic hydroxyl groups excluding tert-OH is 1. The van der Waals surface area contributed by atoms with E-state index in [1.807, 2.05) is 0 Å². The lowest BCUT2D eigenvalue weighted by Gasteiger charge is -2.18. The summed E-state index contributed by atoms with van der Waals surface area (Å²) < 4.78 is 0. The van der Waals surface area contributed by atoms with E-state index >= 15 is 0 Å². The van der Waals surface area contributed by atoms with Crippen molar-refractivity contribution in [1.29, 1.82) is 0 Å². The molecule has 10 heavy (non-hydrogen) atoms. The van der Waals surface area contributed by atoms with Gasteiger partial charge in [0.15, 0.2) is 0 Å². The van der Waals surface area contributed by atoms with E-state index in [4.69, 9.17) is 10.8 Å². The Morgan fingerprint density at radius 3 is 2.40 bits per heavy atom. The molecule has 0 unspecified atom stereocenters. The number of hydrogen-bond donors (Lipinski definition) is 2. The molecule has 1 aliphatic carbocycles. The van der Waals surface area contributed by atoms with Crippen LogP contribution in [0.4, 0.5) is 0 Å². The Hall–Kier alpha value is -0.0800. The molecule has 0 heterocycles. The van der Waals surface area contributed by atoms with Crippen LogP contribution in [0.3, 0.4) is 0 Å². The Morgan fingerprint density at radius 1 is 1.40 bits per heavy atom. The van der Waals surface area contributed by atoms with Gasteiger partial charge in [-0.25, -0.2) is 0 Å². The largest absolute Gasteiger partial charge is 0.396 e. The van der Waals surface area contributed by atoms with E-state index in [9.17, 15) is 0 Å². The monoisotopic (exact) mass is 143 g/mol. The van der Waals surface area contributed by atoms with Crippen LogP contribution in [0.5, 0.6) is 0 Å². The van der Waals surface area contributed by atoms with Gasteiger partial charge >= 0.3 is 0 Å². The lowest BCUT2D eigenvalue weighted by Crippen LogP contribution is -2.24. The summed E-state index contributed by atoms with van der Waals surface area (Å²) in [5, 5.41) is 8.91. The predicted octanol–water partition coefficient (Wildman–Crippen LogP) is 0.744. The summed E-state index contributed by atoms with van der Waals surface area (Å²) >= 11 is 0. The van der Waals surface area contributed by atoms with Gasteiger partial charge < -0.3 is 10.8 Å². The lowest BCUT2D eigenvalue weighted by molar-refractivity contribution is 0.181. The van der Waals surface area contributed by atoms with Crippen molar-refractivity contribution < 1.29 is 5.11 Å². The Kier molecular flexibility index (Phi) is 3.16. The number of hydrogen-bond acceptors (Lipinski definition) is 2. The molecule has 3 N–H and O–H groups in total. The van der Waals surface area contributed by atoms with Gasteiger partial charge in [0.05, 0.1) is 0 Å². The minimum atomic E-state index is 0.279. The molecule has 2 heteroatoms. The molecule has 60 valence electrons. The third kappa shape index (κ3) is 1.70. The normalized spacial score (nSPS) is 23.4. The zero-order valence-corrected chi connectivity index (χ0v) is 6.42. The van der Waals surface area contributed by atoms with E-state index in [1.165, 1.54) is 25.7 Å². The van der Waals surface area contributed by atoms with Crippen molar-refractivity contribution in [1.82, 2.24) is 0 Å². The fraction of sp³-hybridized carbons (Fsp3) is 1.00. The number of rotatable bonds is 3. The summed E-state index contributed by atoms with van der Waals surface area (Å²) in [5.74, 6) is 1.09. The maximum atomic E-state index is 8.91. The summed E-state index contributed by atoms with van der Waals surface area (Å²) in [6.45, 7) is 0.933. The van der Waals surface area contributed by atoms with E-state index in [1.54, 1.807) is 0 Å². The highest BCUT2D eigenvalue weighted by molar-refractivity contribution is 4.75. The van der Waals surface area contributed by atoms with Crippen molar-refractivity contribution in [3.05, 3.63) is 0 Å². The molecular weight excluding hydrogens is 126 g/mol. The second-order valence-electron chi connectivity index (χ2n) is 3.22. The van der Waals surface area contributed by atoms with Crippen LogP contribution in [0.2, 0.25) is 0 Å². The van der Waals surface area contributed by atoms with E-state index < -0.39 is 0 Å². The summed E-state index contributed by atoms with van der Waals surface area (Å²) in [6.07, 6.45) is 5.23. The minimum absolute atomic E-state index is 0.279. The second-order valence-corrected chi connectivity index (χ2v) is 3.22. The maximum absolute atomic E-state index is 8.91.